The lowest BCUT2D eigenvalue weighted by Crippen LogP contribution is -2.58. The van der Waals surface area contributed by atoms with E-state index in [-0.39, 0.29) is 24.6 Å². The molecular weight excluding hydrogens is 410 g/mol. The molecule has 1 unspecified atom stereocenters. The van der Waals surface area contributed by atoms with E-state index in [9.17, 15) is 18.0 Å². The predicted octanol–water partition coefficient (Wildman–Crippen LogP) is 2.63. The van der Waals surface area contributed by atoms with Crippen LogP contribution in [0.2, 0.25) is 0 Å². The van der Waals surface area contributed by atoms with Gasteiger partial charge in [0.25, 0.3) is 10.0 Å². The fourth-order valence-electron chi connectivity index (χ4n) is 2.95. The van der Waals surface area contributed by atoms with E-state index in [2.05, 4.69) is 9.88 Å². The molecule has 1 atom stereocenters. The Morgan fingerprint density at radius 1 is 1.27 bits per heavy atom. The van der Waals surface area contributed by atoms with Crippen molar-refractivity contribution >= 4 is 27.8 Å². The van der Waals surface area contributed by atoms with Crippen molar-refractivity contribution in [2.24, 2.45) is 0 Å². The van der Waals surface area contributed by atoms with Gasteiger partial charge in [0, 0.05) is 5.56 Å². The molecule has 160 valence electrons. The van der Waals surface area contributed by atoms with Crippen LogP contribution < -0.4 is 4.72 Å². The summed E-state index contributed by atoms with van der Waals surface area (Å²) in [4.78, 5) is 26.0. The van der Waals surface area contributed by atoms with E-state index >= 15 is 0 Å². The third-order valence-corrected chi connectivity index (χ3v) is 6.34. The molecule has 0 radical (unpaired) electrons. The quantitative estimate of drug-likeness (QED) is 0.405. The molecule has 9 nitrogen and oxygen atoms in total. The number of aromatic nitrogens is 1. The fraction of sp³-hybridized carbons (Fsp3) is 0.350. The summed E-state index contributed by atoms with van der Waals surface area (Å²) < 4.78 is 38.4. The molecule has 0 spiro atoms. The van der Waals surface area contributed by atoms with Gasteiger partial charge in [-0.1, -0.05) is 35.5 Å². The van der Waals surface area contributed by atoms with Gasteiger partial charge < -0.3 is 9.26 Å². The first-order chi connectivity index (χ1) is 14.1. The Morgan fingerprint density at radius 3 is 2.47 bits per heavy atom. The SMILES string of the molecule is CC(C)=C(C(=O)OCc1ccccc1)N1C(=O)CC1S(=O)(=O)Nc1onc(C)c1C. The average molecular weight is 433 g/mol. The van der Waals surface area contributed by atoms with Gasteiger partial charge in [0.05, 0.1) is 12.1 Å². The molecule has 2 aromatic rings. The normalized spacial score (nSPS) is 16.1. The van der Waals surface area contributed by atoms with Crippen LogP contribution in [0.4, 0.5) is 5.88 Å². The molecule has 30 heavy (non-hydrogen) atoms. The molecule has 1 aromatic carbocycles. The van der Waals surface area contributed by atoms with E-state index in [1.807, 2.05) is 18.2 Å². The lowest BCUT2D eigenvalue weighted by molar-refractivity contribution is -0.150. The van der Waals surface area contributed by atoms with E-state index < -0.39 is 27.3 Å². The average Bonchev–Trinajstić information content (AvgIpc) is 3.00. The minimum atomic E-state index is -4.07. The monoisotopic (exact) mass is 433 g/mol. The Hall–Kier alpha value is -3.14. The van der Waals surface area contributed by atoms with Crippen molar-refractivity contribution in [1.82, 2.24) is 10.1 Å². The zero-order valence-corrected chi connectivity index (χ0v) is 17.9. The van der Waals surface area contributed by atoms with E-state index in [1.165, 1.54) is 0 Å². The van der Waals surface area contributed by atoms with E-state index in [0.29, 0.717) is 16.8 Å². The fourth-order valence-corrected chi connectivity index (χ4v) is 4.39. The first kappa shape index (κ1) is 21.6. The summed E-state index contributed by atoms with van der Waals surface area (Å²) in [7, 11) is -4.07. The number of carbonyl (C=O) groups is 2. The Kier molecular flexibility index (Phi) is 5.97. The second kappa shape index (κ2) is 8.31. The van der Waals surface area contributed by atoms with Crippen molar-refractivity contribution in [1.29, 1.82) is 0 Å². The Balaban J connectivity index is 1.80. The number of esters is 1. The van der Waals surface area contributed by atoms with Crippen LogP contribution in [-0.2, 0) is 31.0 Å². The first-order valence-corrected chi connectivity index (χ1v) is 10.8. The van der Waals surface area contributed by atoms with Gasteiger partial charge in [0.2, 0.25) is 11.8 Å². The number of rotatable bonds is 7. The van der Waals surface area contributed by atoms with Gasteiger partial charge in [-0.15, -0.1) is 0 Å². The highest BCUT2D eigenvalue weighted by Crippen LogP contribution is 2.33. The first-order valence-electron chi connectivity index (χ1n) is 9.27. The molecule has 1 aliphatic rings. The minimum Gasteiger partial charge on any atom is -0.456 e. The van der Waals surface area contributed by atoms with Crippen LogP contribution in [0.15, 0.2) is 46.1 Å². The molecule has 1 N–H and O–H groups in total. The van der Waals surface area contributed by atoms with Crippen LogP contribution in [0.3, 0.4) is 0 Å². The number of amides is 1. The van der Waals surface area contributed by atoms with Crippen LogP contribution in [0.1, 0.15) is 37.1 Å². The maximum atomic E-state index is 12.9. The third kappa shape index (κ3) is 4.23. The Labute approximate surface area is 174 Å². The summed E-state index contributed by atoms with van der Waals surface area (Å²) in [5.41, 5.74) is 2.25. The summed E-state index contributed by atoms with van der Waals surface area (Å²) in [6.45, 7) is 6.58. The molecule has 1 amide bonds. The summed E-state index contributed by atoms with van der Waals surface area (Å²) in [6, 6.07) is 9.05. The number of allylic oxidation sites excluding steroid dienone is 1. The highest BCUT2D eigenvalue weighted by atomic mass is 32.2. The number of likely N-dealkylation sites (tertiary alicyclic amines) is 1. The number of β-lactam (4-membered cyclic amide) rings is 1. The number of anilines is 1. The molecule has 1 aromatic heterocycles. The molecular formula is C20H23N3O6S. The Morgan fingerprint density at radius 2 is 1.93 bits per heavy atom. The van der Waals surface area contributed by atoms with Crippen LogP contribution in [-0.4, -0.2) is 35.7 Å². The zero-order valence-electron chi connectivity index (χ0n) is 17.1. The summed E-state index contributed by atoms with van der Waals surface area (Å²) >= 11 is 0. The van der Waals surface area contributed by atoms with Gasteiger partial charge in [0.15, 0.2) is 5.37 Å². The van der Waals surface area contributed by atoms with Gasteiger partial charge in [-0.3, -0.25) is 9.69 Å². The highest BCUT2D eigenvalue weighted by Gasteiger charge is 2.49. The van der Waals surface area contributed by atoms with Crippen molar-refractivity contribution in [2.75, 3.05) is 4.72 Å². The lowest BCUT2D eigenvalue weighted by atomic mass is 10.1. The number of hydrogen-bond donors (Lipinski definition) is 1. The highest BCUT2D eigenvalue weighted by molar-refractivity contribution is 7.93. The third-order valence-electron chi connectivity index (χ3n) is 4.78. The van der Waals surface area contributed by atoms with Gasteiger partial charge >= 0.3 is 5.97 Å². The van der Waals surface area contributed by atoms with Gasteiger partial charge in [-0.2, -0.15) is 0 Å². The molecule has 1 saturated heterocycles. The number of aryl methyl sites for hydroxylation is 1. The van der Waals surface area contributed by atoms with Gasteiger partial charge in [0.1, 0.15) is 12.3 Å². The summed E-state index contributed by atoms with van der Waals surface area (Å²) in [5, 5.41) is 2.46. The number of benzene rings is 1. The van der Waals surface area contributed by atoms with E-state index in [0.717, 1.165) is 10.5 Å². The molecule has 1 fully saturated rings. The summed E-state index contributed by atoms with van der Waals surface area (Å²) in [6.07, 6.45) is -0.260. The lowest BCUT2D eigenvalue weighted by Gasteiger charge is -2.40. The molecule has 3 rings (SSSR count). The van der Waals surface area contributed by atoms with Gasteiger partial charge in [-0.25, -0.2) is 17.9 Å². The summed E-state index contributed by atoms with van der Waals surface area (Å²) in [5.74, 6) is -1.26. The van der Waals surface area contributed by atoms with Gasteiger partial charge in [-0.05, 0) is 38.8 Å². The predicted molar refractivity (Wildman–Crippen MR) is 108 cm³/mol. The number of nitrogens with zero attached hydrogens (tertiary/aromatic N) is 2. The topological polar surface area (TPSA) is 119 Å². The number of nitrogens with one attached hydrogen (secondary N) is 1. The van der Waals surface area contributed by atoms with Crippen molar-refractivity contribution in [2.45, 2.75) is 46.1 Å². The molecule has 1 aliphatic heterocycles. The van der Waals surface area contributed by atoms with Crippen molar-refractivity contribution in [3.63, 3.8) is 0 Å². The van der Waals surface area contributed by atoms with Crippen LogP contribution >= 0.6 is 0 Å². The number of carbonyl (C=O) groups excluding carboxylic acids is 2. The second-order valence-corrected chi connectivity index (χ2v) is 9.04. The van der Waals surface area contributed by atoms with E-state index in [1.54, 1.807) is 39.8 Å². The molecule has 2 heterocycles. The van der Waals surface area contributed by atoms with Crippen LogP contribution in [0.5, 0.6) is 0 Å². The zero-order chi connectivity index (χ0) is 22.1. The minimum absolute atomic E-state index is 0.00465. The van der Waals surface area contributed by atoms with Crippen molar-refractivity contribution in [3.8, 4) is 0 Å². The molecule has 0 aliphatic carbocycles. The van der Waals surface area contributed by atoms with E-state index in [4.69, 9.17) is 9.26 Å². The number of ether oxygens (including phenoxy) is 1. The molecule has 10 heteroatoms. The number of sulfonamides is 1. The smallest absolute Gasteiger partial charge is 0.355 e. The maximum absolute atomic E-state index is 12.9. The standard InChI is InChI=1S/C20H23N3O6S/c1-12(2)18(20(25)28-11-15-8-6-5-7-9-15)23-16(24)10-17(23)30(26,27)22-19-13(3)14(4)21-29-19/h5-9,17,22H,10-11H2,1-4H3. The number of hydrogen-bond acceptors (Lipinski definition) is 7. The van der Waals surface area contributed by atoms with Crippen LogP contribution in [0, 0.1) is 13.8 Å². The van der Waals surface area contributed by atoms with Crippen molar-refractivity contribution < 1.29 is 27.3 Å². The second-order valence-electron chi connectivity index (χ2n) is 7.20. The maximum Gasteiger partial charge on any atom is 0.355 e. The molecule has 0 saturated carbocycles. The largest absolute Gasteiger partial charge is 0.456 e. The van der Waals surface area contributed by atoms with Crippen molar-refractivity contribution in [3.05, 3.63) is 58.4 Å². The molecule has 0 bridgehead atoms. The Bertz CT molecular complexity index is 1100. The van der Waals surface area contributed by atoms with Crippen LogP contribution in [0.25, 0.3) is 0 Å².